The van der Waals surface area contributed by atoms with Gasteiger partial charge in [0, 0.05) is 18.4 Å². The number of carbonyl (C=O) groups is 2. The Kier molecular flexibility index (Phi) is 5.22. The Morgan fingerprint density at radius 3 is 2.67 bits per heavy atom. The molecule has 4 nitrogen and oxygen atoms in total. The highest BCUT2D eigenvalue weighted by Gasteiger charge is 2.33. The highest BCUT2D eigenvalue weighted by atomic mass is 16.6. The van der Waals surface area contributed by atoms with Crippen molar-refractivity contribution in [3.63, 3.8) is 0 Å². The van der Waals surface area contributed by atoms with Gasteiger partial charge in [-0.1, -0.05) is 13.3 Å². The molecule has 1 atom stereocenters. The van der Waals surface area contributed by atoms with Crippen LogP contribution in [0.1, 0.15) is 73.4 Å². The van der Waals surface area contributed by atoms with E-state index in [1.165, 1.54) is 6.42 Å². The van der Waals surface area contributed by atoms with Gasteiger partial charge < -0.3 is 9.47 Å². The molecule has 1 saturated carbocycles. The van der Waals surface area contributed by atoms with Crippen LogP contribution in [0.2, 0.25) is 0 Å². The van der Waals surface area contributed by atoms with E-state index in [1.54, 1.807) is 0 Å². The Morgan fingerprint density at radius 1 is 1.21 bits per heavy atom. The lowest BCUT2D eigenvalue weighted by Crippen LogP contribution is -2.32. The summed E-state index contributed by atoms with van der Waals surface area (Å²) in [6.07, 6.45) is 6.76. The smallest absolute Gasteiger partial charge is 0.347 e. The van der Waals surface area contributed by atoms with Crippen LogP contribution in [0.15, 0.2) is 12.1 Å². The van der Waals surface area contributed by atoms with Gasteiger partial charge in [-0.3, -0.25) is 4.79 Å². The van der Waals surface area contributed by atoms with Crippen molar-refractivity contribution in [2.75, 3.05) is 0 Å². The predicted octanol–water partition coefficient (Wildman–Crippen LogP) is 4.16. The molecule has 1 unspecified atom stereocenters. The van der Waals surface area contributed by atoms with Gasteiger partial charge in [0.2, 0.25) is 0 Å². The number of hydrogen-bond acceptors (Lipinski definition) is 4. The summed E-state index contributed by atoms with van der Waals surface area (Å²) in [7, 11) is 0. The minimum atomic E-state index is -0.571. The molecule has 1 aliphatic heterocycles. The first-order valence-corrected chi connectivity index (χ1v) is 9.12. The molecule has 0 saturated heterocycles. The maximum absolute atomic E-state index is 12.4. The molecular weight excluding hydrogens is 304 g/mol. The van der Waals surface area contributed by atoms with Crippen LogP contribution < -0.4 is 4.74 Å². The number of ketones is 1. The zero-order chi connectivity index (χ0) is 17.1. The molecule has 1 fully saturated rings. The van der Waals surface area contributed by atoms with Crippen molar-refractivity contribution >= 4 is 11.8 Å². The van der Waals surface area contributed by atoms with Crippen LogP contribution in [0.5, 0.6) is 5.75 Å². The Labute approximate surface area is 143 Å². The van der Waals surface area contributed by atoms with Crippen molar-refractivity contribution in [2.45, 2.75) is 77.4 Å². The normalized spacial score (nSPS) is 20.3. The molecule has 24 heavy (non-hydrogen) atoms. The van der Waals surface area contributed by atoms with E-state index in [4.69, 9.17) is 9.47 Å². The molecule has 0 spiro atoms. The maximum Gasteiger partial charge on any atom is 0.347 e. The van der Waals surface area contributed by atoms with E-state index in [2.05, 4.69) is 0 Å². The van der Waals surface area contributed by atoms with Gasteiger partial charge in [-0.05, 0) is 62.3 Å². The number of ether oxygens (including phenoxy) is 2. The highest BCUT2D eigenvalue weighted by Crippen LogP contribution is 2.33. The third-order valence-electron chi connectivity index (χ3n) is 4.96. The third kappa shape index (κ3) is 3.63. The molecule has 0 radical (unpaired) electrons. The van der Waals surface area contributed by atoms with Crippen molar-refractivity contribution in [1.82, 2.24) is 0 Å². The van der Waals surface area contributed by atoms with Crippen LogP contribution in [0, 0.1) is 6.92 Å². The number of Topliss-reactive ketones (excluding diaryl/α,β-unsaturated/α-hetero) is 1. The summed E-state index contributed by atoms with van der Waals surface area (Å²) < 4.78 is 11.4. The van der Waals surface area contributed by atoms with Gasteiger partial charge in [0.05, 0.1) is 0 Å². The largest absolute Gasteiger partial charge is 0.478 e. The molecule has 2 aliphatic rings. The topological polar surface area (TPSA) is 52.6 Å². The number of fused-ring (bicyclic) bond motifs is 1. The van der Waals surface area contributed by atoms with E-state index < -0.39 is 6.10 Å². The minimum absolute atomic E-state index is 0.0435. The minimum Gasteiger partial charge on any atom is -0.478 e. The second-order valence-corrected chi connectivity index (χ2v) is 6.96. The van der Waals surface area contributed by atoms with Crippen LogP contribution in [0.25, 0.3) is 0 Å². The number of aryl methyl sites for hydroxylation is 1. The Balaban J connectivity index is 1.67. The van der Waals surface area contributed by atoms with Gasteiger partial charge in [-0.15, -0.1) is 0 Å². The molecule has 0 N–H and O–H groups in total. The number of esters is 1. The Bertz CT molecular complexity index is 629. The first kappa shape index (κ1) is 17.0. The van der Waals surface area contributed by atoms with E-state index in [0.29, 0.717) is 18.6 Å². The van der Waals surface area contributed by atoms with Gasteiger partial charge in [0.15, 0.2) is 11.9 Å². The number of rotatable bonds is 5. The van der Waals surface area contributed by atoms with Crippen LogP contribution in [0.3, 0.4) is 0 Å². The zero-order valence-corrected chi connectivity index (χ0v) is 14.6. The van der Waals surface area contributed by atoms with Crippen LogP contribution in [-0.2, 0) is 16.0 Å². The monoisotopic (exact) mass is 330 g/mol. The SMILES string of the molecule is CCCC(=O)c1cc2c(cc1C)OC(C(=O)OC1CCCCC1)C2. The zero-order valence-electron chi connectivity index (χ0n) is 14.6. The fourth-order valence-electron chi connectivity index (χ4n) is 3.61. The van der Waals surface area contributed by atoms with Gasteiger partial charge in [-0.2, -0.15) is 0 Å². The second kappa shape index (κ2) is 7.37. The molecule has 1 heterocycles. The molecule has 1 aliphatic carbocycles. The maximum atomic E-state index is 12.4. The summed E-state index contributed by atoms with van der Waals surface area (Å²) in [5.74, 6) is 0.606. The summed E-state index contributed by atoms with van der Waals surface area (Å²) >= 11 is 0. The van der Waals surface area contributed by atoms with Crippen LogP contribution >= 0.6 is 0 Å². The van der Waals surface area contributed by atoms with E-state index in [1.807, 2.05) is 26.0 Å². The van der Waals surface area contributed by atoms with Crippen molar-refractivity contribution < 1.29 is 19.1 Å². The average molecular weight is 330 g/mol. The van der Waals surface area contributed by atoms with Crippen LogP contribution in [-0.4, -0.2) is 24.0 Å². The lowest BCUT2D eigenvalue weighted by atomic mass is 9.97. The van der Waals surface area contributed by atoms with Gasteiger partial charge in [0.25, 0.3) is 0 Å². The molecule has 4 heteroatoms. The van der Waals surface area contributed by atoms with Gasteiger partial charge >= 0.3 is 5.97 Å². The molecule has 130 valence electrons. The van der Waals surface area contributed by atoms with Crippen molar-refractivity contribution in [2.24, 2.45) is 0 Å². The number of hydrogen-bond donors (Lipinski definition) is 0. The molecule has 1 aromatic rings. The molecule has 0 bridgehead atoms. The third-order valence-corrected chi connectivity index (χ3v) is 4.96. The van der Waals surface area contributed by atoms with Crippen molar-refractivity contribution in [1.29, 1.82) is 0 Å². The average Bonchev–Trinajstić information content (AvgIpc) is 2.98. The molecule has 1 aromatic carbocycles. The molecule has 0 amide bonds. The summed E-state index contributed by atoms with van der Waals surface area (Å²) in [5, 5.41) is 0. The van der Waals surface area contributed by atoms with E-state index in [0.717, 1.165) is 48.8 Å². The van der Waals surface area contributed by atoms with E-state index >= 15 is 0 Å². The lowest BCUT2D eigenvalue weighted by Gasteiger charge is -2.23. The summed E-state index contributed by atoms with van der Waals surface area (Å²) in [6.45, 7) is 3.92. The van der Waals surface area contributed by atoms with E-state index in [-0.39, 0.29) is 17.9 Å². The molecule has 3 rings (SSSR count). The summed E-state index contributed by atoms with van der Waals surface area (Å²) in [4.78, 5) is 24.6. The number of benzene rings is 1. The second-order valence-electron chi connectivity index (χ2n) is 6.96. The van der Waals surface area contributed by atoms with Crippen molar-refractivity contribution in [3.8, 4) is 5.75 Å². The molecule has 0 aromatic heterocycles. The Morgan fingerprint density at radius 2 is 1.96 bits per heavy atom. The van der Waals surface area contributed by atoms with Crippen molar-refractivity contribution in [3.05, 3.63) is 28.8 Å². The van der Waals surface area contributed by atoms with E-state index in [9.17, 15) is 9.59 Å². The summed E-state index contributed by atoms with van der Waals surface area (Å²) in [6, 6.07) is 3.78. The van der Waals surface area contributed by atoms with Gasteiger partial charge in [0.1, 0.15) is 11.9 Å². The first-order chi connectivity index (χ1) is 11.6. The predicted molar refractivity (Wildman–Crippen MR) is 91.5 cm³/mol. The lowest BCUT2D eigenvalue weighted by molar-refractivity contribution is -0.158. The summed E-state index contributed by atoms with van der Waals surface area (Å²) in [5.41, 5.74) is 2.60. The highest BCUT2D eigenvalue weighted by molar-refractivity contribution is 5.98. The first-order valence-electron chi connectivity index (χ1n) is 9.12. The fraction of sp³-hybridized carbons (Fsp3) is 0.600. The standard InChI is InChI=1S/C20H26O4/c1-3-7-17(21)16-11-14-12-19(24-18(14)10-13(16)2)20(22)23-15-8-5-4-6-9-15/h10-11,15,19H,3-9,12H2,1-2H3. The fourth-order valence-corrected chi connectivity index (χ4v) is 3.61. The quantitative estimate of drug-likeness (QED) is 0.601. The number of carbonyl (C=O) groups excluding carboxylic acids is 2. The molecular formula is C20H26O4. The van der Waals surface area contributed by atoms with Crippen LogP contribution in [0.4, 0.5) is 0 Å². The Hall–Kier alpha value is -1.84. The van der Waals surface area contributed by atoms with Gasteiger partial charge in [-0.25, -0.2) is 4.79 Å².